The van der Waals surface area contributed by atoms with Crippen LogP contribution in [0.1, 0.15) is 24.4 Å². The van der Waals surface area contributed by atoms with Gasteiger partial charge in [0, 0.05) is 28.6 Å². The number of anilines is 1. The number of hydrogen-bond donors (Lipinski definition) is 0. The van der Waals surface area contributed by atoms with Crippen LogP contribution in [0.5, 0.6) is 0 Å². The molecule has 2 nitrogen and oxygen atoms in total. The van der Waals surface area contributed by atoms with Crippen LogP contribution in [-0.2, 0) is 0 Å². The number of rotatable bonds is 6. The molecular weight excluding hydrogens is 440 g/mol. The normalized spacial score (nSPS) is 12.0. The first-order valence-electron chi connectivity index (χ1n) is 9.87. The van der Waals surface area contributed by atoms with Crippen molar-refractivity contribution < 1.29 is 0 Å². The molecule has 0 fully saturated rings. The summed E-state index contributed by atoms with van der Waals surface area (Å²) in [5, 5.41) is 3.41. The Kier molecular flexibility index (Phi) is 6.12. The maximum Gasteiger partial charge on any atom is 0.117 e. The summed E-state index contributed by atoms with van der Waals surface area (Å²) >= 11 is 5.40. The van der Waals surface area contributed by atoms with Crippen LogP contribution in [0.4, 0.5) is 5.69 Å². The summed E-state index contributed by atoms with van der Waals surface area (Å²) in [6.07, 6.45) is 8.34. The Hall–Kier alpha value is -2.43. The Balaban J connectivity index is 1.52. The molecule has 4 heteroatoms. The zero-order valence-corrected chi connectivity index (χ0v) is 19.0. The fourth-order valence-corrected chi connectivity index (χ4v) is 5.16. The van der Waals surface area contributed by atoms with E-state index in [2.05, 4.69) is 114 Å². The molecule has 0 bridgehead atoms. The maximum atomic E-state index is 4.85. The van der Waals surface area contributed by atoms with Gasteiger partial charge in [-0.05, 0) is 49.1 Å². The van der Waals surface area contributed by atoms with Gasteiger partial charge in [-0.15, -0.1) is 11.3 Å². The van der Waals surface area contributed by atoms with Crippen molar-refractivity contribution in [3.8, 4) is 0 Å². The number of hydrogen-bond acceptors (Lipinski definition) is 3. The van der Waals surface area contributed by atoms with E-state index in [4.69, 9.17) is 4.98 Å². The standard InChI is InChI=1S/C25H23BrN2S/c1-3-28(4-2)19-15-13-18(14-16-19)9-5-8-12-24-27-25-21-11-7-6-10-20(21)22(26)17-23(25)29-24/h5-17H,3-4H2,1-2H3/b9-5+,12-8+. The zero-order valence-electron chi connectivity index (χ0n) is 16.6. The number of benzene rings is 3. The van der Waals surface area contributed by atoms with E-state index < -0.39 is 0 Å². The first-order chi connectivity index (χ1) is 14.2. The van der Waals surface area contributed by atoms with Gasteiger partial charge in [0.25, 0.3) is 0 Å². The van der Waals surface area contributed by atoms with E-state index in [1.807, 2.05) is 0 Å². The van der Waals surface area contributed by atoms with E-state index >= 15 is 0 Å². The lowest BCUT2D eigenvalue weighted by atomic mass is 10.1. The minimum Gasteiger partial charge on any atom is -0.372 e. The average molecular weight is 463 g/mol. The summed E-state index contributed by atoms with van der Waals surface area (Å²) < 4.78 is 2.32. The number of thiazole rings is 1. The maximum absolute atomic E-state index is 4.85. The molecule has 3 aromatic carbocycles. The minimum atomic E-state index is 1.02. The van der Waals surface area contributed by atoms with Crippen LogP contribution in [0.25, 0.3) is 33.1 Å². The smallest absolute Gasteiger partial charge is 0.117 e. The van der Waals surface area contributed by atoms with Crippen LogP contribution in [0, 0.1) is 0 Å². The molecule has 4 aromatic rings. The molecule has 0 aliphatic rings. The highest BCUT2D eigenvalue weighted by molar-refractivity contribution is 9.10. The molecule has 29 heavy (non-hydrogen) atoms. The third kappa shape index (κ3) is 4.29. The van der Waals surface area contributed by atoms with Crippen molar-refractivity contribution >= 4 is 66.1 Å². The molecule has 0 saturated carbocycles. The Morgan fingerprint density at radius 3 is 2.34 bits per heavy atom. The van der Waals surface area contributed by atoms with Gasteiger partial charge in [-0.1, -0.05) is 70.6 Å². The Labute approximate surface area is 184 Å². The topological polar surface area (TPSA) is 16.1 Å². The van der Waals surface area contributed by atoms with Gasteiger partial charge in [-0.25, -0.2) is 4.98 Å². The molecule has 146 valence electrons. The van der Waals surface area contributed by atoms with Crippen molar-refractivity contribution in [1.82, 2.24) is 4.98 Å². The van der Waals surface area contributed by atoms with E-state index in [0.29, 0.717) is 0 Å². The molecule has 0 unspecified atom stereocenters. The number of halogens is 1. The molecule has 1 heterocycles. The Morgan fingerprint density at radius 1 is 0.931 bits per heavy atom. The molecule has 0 saturated heterocycles. The van der Waals surface area contributed by atoms with Gasteiger partial charge < -0.3 is 4.90 Å². The van der Waals surface area contributed by atoms with Crippen LogP contribution in [0.3, 0.4) is 0 Å². The average Bonchev–Trinajstić information content (AvgIpc) is 3.16. The summed E-state index contributed by atoms with van der Waals surface area (Å²) in [5.41, 5.74) is 3.55. The number of aromatic nitrogens is 1. The van der Waals surface area contributed by atoms with Gasteiger partial charge >= 0.3 is 0 Å². The van der Waals surface area contributed by atoms with Gasteiger partial charge in [-0.3, -0.25) is 0 Å². The molecule has 0 radical (unpaired) electrons. The van der Waals surface area contributed by atoms with E-state index in [1.54, 1.807) is 11.3 Å². The first kappa shape index (κ1) is 19.9. The zero-order chi connectivity index (χ0) is 20.2. The van der Waals surface area contributed by atoms with Gasteiger partial charge in [0.1, 0.15) is 5.01 Å². The number of nitrogens with zero attached hydrogens (tertiary/aromatic N) is 2. The van der Waals surface area contributed by atoms with Crippen LogP contribution in [0.15, 0.2) is 71.2 Å². The largest absolute Gasteiger partial charge is 0.372 e. The number of fused-ring (bicyclic) bond motifs is 3. The molecule has 0 N–H and O–H groups in total. The monoisotopic (exact) mass is 462 g/mol. The van der Waals surface area contributed by atoms with Crippen LogP contribution >= 0.6 is 27.3 Å². The Bertz CT molecular complexity index is 1180. The third-order valence-electron chi connectivity index (χ3n) is 5.03. The second kappa shape index (κ2) is 8.93. The highest BCUT2D eigenvalue weighted by atomic mass is 79.9. The van der Waals surface area contributed by atoms with Crippen molar-refractivity contribution in [2.24, 2.45) is 0 Å². The predicted molar refractivity (Wildman–Crippen MR) is 133 cm³/mol. The second-order valence-electron chi connectivity index (χ2n) is 6.78. The lowest BCUT2D eigenvalue weighted by Crippen LogP contribution is -2.21. The summed E-state index contributed by atoms with van der Waals surface area (Å²) in [7, 11) is 0. The van der Waals surface area contributed by atoms with Crippen LogP contribution < -0.4 is 4.90 Å². The fourth-order valence-electron chi connectivity index (χ4n) is 3.49. The highest BCUT2D eigenvalue weighted by Gasteiger charge is 2.08. The third-order valence-corrected chi connectivity index (χ3v) is 6.65. The molecule has 4 rings (SSSR count). The van der Waals surface area contributed by atoms with Gasteiger partial charge in [0.05, 0.1) is 10.2 Å². The molecule has 0 aliphatic heterocycles. The van der Waals surface area contributed by atoms with Crippen molar-refractivity contribution in [2.75, 3.05) is 18.0 Å². The first-order valence-corrected chi connectivity index (χ1v) is 11.5. The summed E-state index contributed by atoms with van der Waals surface area (Å²) in [5.74, 6) is 0. The second-order valence-corrected chi connectivity index (χ2v) is 8.70. The summed E-state index contributed by atoms with van der Waals surface area (Å²) in [4.78, 5) is 7.20. The van der Waals surface area contributed by atoms with Crippen LogP contribution in [0.2, 0.25) is 0 Å². The molecule has 0 aliphatic carbocycles. The molecule has 0 atom stereocenters. The SMILES string of the molecule is CCN(CC)c1ccc(/C=C/C=C/c2nc3c(cc(Br)c4ccccc43)s2)cc1. The van der Waals surface area contributed by atoms with Crippen molar-refractivity contribution in [3.63, 3.8) is 0 Å². The van der Waals surface area contributed by atoms with Gasteiger partial charge in [0.15, 0.2) is 0 Å². The van der Waals surface area contributed by atoms with E-state index in [-0.39, 0.29) is 0 Å². The van der Waals surface area contributed by atoms with Crippen molar-refractivity contribution in [2.45, 2.75) is 13.8 Å². The lowest BCUT2D eigenvalue weighted by molar-refractivity contribution is 0.866. The van der Waals surface area contributed by atoms with E-state index in [0.717, 1.165) is 28.1 Å². The van der Waals surface area contributed by atoms with E-state index in [9.17, 15) is 0 Å². The quantitative estimate of drug-likeness (QED) is 0.271. The molecule has 0 spiro atoms. The Morgan fingerprint density at radius 2 is 1.62 bits per heavy atom. The molecule has 0 amide bonds. The summed E-state index contributed by atoms with van der Waals surface area (Å²) in [6.45, 7) is 6.43. The number of allylic oxidation sites excluding steroid dienone is 2. The van der Waals surface area contributed by atoms with E-state index in [1.165, 1.54) is 26.7 Å². The van der Waals surface area contributed by atoms with Gasteiger partial charge in [0.2, 0.25) is 0 Å². The fraction of sp³-hybridized carbons (Fsp3) is 0.160. The summed E-state index contributed by atoms with van der Waals surface area (Å²) in [6, 6.07) is 19.3. The molecule has 1 aromatic heterocycles. The van der Waals surface area contributed by atoms with Crippen molar-refractivity contribution in [1.29, 1.82) is 0 Å². The predicted octanol–water partition coefficient (Wildman–Crippen LogP) is 7.78. The molecular formula is C25H23BrN2S. The van der Waals surface area contributed by atoms with Crippen LogP contribution in [-0.4, -0.2) is 18.1 Å². The minimum absolute atomic E-state index is 1.02. The van der Waals surface area contributed by atoms with Gasteiger partial charge in [-0.2, -0.15) is 0 Å². The highest BCUT2D eigenvalue weighted by Crippen LogP contribution is 2.34. The lowest BCUT2D eigenvalue weighted by Gasteiger charge is -2.20. The van der Waals surface area contributed by atoms with Crippen molar-refractivity contribution in [3.05, 3.63) is 81.8 Å².